The fourth-order valence-electron chi connectivity index (χ4n) is 3.74. The number of aromatic hydroxyl groups is 1. The highest BCUT2D eigenvalue weighted by Crippen LogP contribution is 2.43. The van der Waals surface area contributed by atoms with Crippen LogP contribution in [-0.2, 0) is 6.42 Å². The van der Waals surface area contributed by atoms with Gasteiger partial charge in [0, 0.05) is 30.1 Å². The number of alkyl halides is 1. The molecular formula is C22H26ClN3O5. The second kappa shape index (κ2) is 9.26. The lowest BCUT2D eigenvalue weighted by Crippen LogP contribution is -2.15. The number of ether oxygens (including phenoxy) is 3. The van der Waals surface area contributed by atoms with Gasteiger partial charge in [0.15, 0.2) is 11.5 Å². The topological polar surface area (TPSA) is 105 Å². The molecule has 0 unspecified atom stereocenters. The highest BCUT2D eigenvalue weighted by molar-refractivity contribution is 6.18. The van der Waals surface area contributed by atoms with E-state index in [1.54, 1.807) is 19.2 Å². The Kier molecular flexibility index (Phi) is 6.70. The third-order valence-corrected chi connectivity index (χ3v) is 5.39. The number of fused-ring (bicyclic) bond motifs is 1. The fourth-order valence-corrected chi connectivity index (χ4v) is 3.93. The third kappa shape index (κ3) is 4.03. The average Bonchev–Trinajstić information content (AvgIpc) is 3.19. The molecule has 3 aromatic rings. The standard InChI is InChI=1S/C22H26ClN3O5/c1-11-13(6-7-23)14(10-16(27)18(11)24-2)26-22(28)15-8-12-9-17(29-3)20(30-4)21(31-5)19(12)25-15/h8-10,24-25,27H,6-7H2,1-5H3,(H,26,28). The highest BCUT2D eigenvalue weighted by atomic mass is 35.5. The van der Waals surface area contributed by atoms with E-state index in [4.69, 9.17) is 25.8 Å². The Bertz CT molecular complexity index is 1130. The van der Waals surface area contributed by atoms with Gasteiger partial charge in [-0.05, 0) is 36.6 Å². The van der Waals surface area contributed by atoms with Crippen LogP contribution in [0.15, 0.2) is 18.2 Å². The molecule has 0 atom stereocenters. The number of phenols is 1. The van der Waals surface area contributed by atoms with Crippen molar-refractivity contribution in [3.05, 3.63) is 35.0 Å². The van der Waals surface area contributed by atoms with Crippen molar-refractivity contribution in [1.82, 2.24) is 4.98 Å². The Balaban J connectivity index is 2.05. The SMILES string of the molecule is CNc1c(O)cc(NC(=O)c2cc3cc(OC)c(OC)c(OC)c3[nH]2)c(CCCl)c1C. The van der Waals surface area contributed by atoms with Gasteiger partial charge in [-0.3, -0.25) is 4.79 Å². The van der Waals surface area contributed by atoms with Crippen molar-refractivity contribution in [1.29, 1.82) is 0 Å². The van der Waals surface area contributed by atoms with E-state index in [-0.39, 0.29) is 11.7 Å². The smallest absolute Gasteiger partial charge is 0.272 e. The van der Waals surface area contributed by atoms with Gasteiger partial charge >= 0.3 is 0 Å². The maximum absolute atomic E-state index is 13.0. The van der Waals surface area contributed by atoms with Crippen molar-refractivity contribution in [3.63, 3.8) is 0 Å². The molecule has 0 saturated heterocycles. The minimum atomic E-state index is -0.372. The molecule has 9 heteroatoms. The molecule has 0 aliphatic heterocycles. The van der Waals surface area contributed by atoms with Crippen LogP contribution in [0.2, 0.25) is 0 Å². The molecule has 3 rings (SSSR count). The first kappa shape index (κ1) is 22.4. The lowest BCUT2D eigenvalue weighted by atomic mass is 10.0. The van der Waals surface area contributed by atoms with E-state index in [1.165, 1.54) is 27.4 Å². The Morgan fingerprint density at radius 2 is 1.84 bits per heavy atom. The number of amides is 1. The van der Waals surface area contributed by atoms with Gasteiger partial charge in [0.1, 0.15) is 11.4 Å². The van der Waals surface area contributed by atoms with E-state index >= 15 is 0 Å². The van der Waals surface area contributed by atoms with Crippen LogP contribution < -0.4 is 24.8 Å². The van der Waals surface area contributed by atoms with Crippen LogP contribution in [0, 0.1) is 6.92 Å². The van der Waals surface area contributed by atoms with Gasteiger partial charge in [-0.2, -0.15) is 0 Å². The van der Waals surface area contributed by atoms with Crippen molar-refractivity contribution in [2.75, 3.05) is 44.9 Å². The first-order chi connectivity index (χ1) is 14.9. The number of carbonyl (C=O) groups excluding carboxylic acids is 1. The van der Waals surface area contributed by atoms with Crippen molar-refractivity contribution in [2.24, 2.45) is 0 Å². The van der Waals surface area contributed by atoms with E-state index in [9.17, 15) is 9.90 Å². The van der Waals surface area contributed by atoms with Gasteiger partial charge in [-0.25, -0.2) is 0 Å². The molecule has 1 amide bonds. The second-order valence-electron chi connectivity index (χ2n) is 6.86. The van der Waals surface area contributed by atoms with Crippen molar-refractivity contribution < 1.29 is 24.1 Å². The highest BCUT2D eigenvalue weighted by Gasteiger charge is 2.21. The molecule has 0 radical (unpaired) electrons. The van der Waals surface area contributed by atoms with Crippen molar-refractivity contribution in [3.8, 4) is 23.0 Å². The molecule has 0 saturated carbocycles. The molecule has 0 bridgehead atoms. The predicted molar refractivity (Wildman–Crippen MR) is 123 cm³/mol. The second-order valence-corrected chi connectivity index (χ2v) is 7.24. The third-order valence-electron chi connectivity index (χ3n) is 5.20. The predicted octanol–water partition coefficient (Wildman–Crippen LogP) is 4.28. The van der Waals surface area contributed by atoms with E-state index in [2.05, 4.69) is 15.6 Å². The summed E-state index contributed by atoms with van der Waals surface area (Å²) in [4.78, 5) is 16.1. The quantitative estimate of drug-likeness (QED) is 0.303. The molecule has 0 spiro atoms. The van der Waals surface area contributed by atoms with Gasteiger partial charge in [0.25, 0.3) is 5.91 Å². The molecule has 8 nitrogen and oxygen atoms in total. The summed E-state index contributed by atoms with van der Waals surface area (Å²) in [5, 5.41) is 16.9. The number of aromatic nitrogens is 1. The lowest BCUT2D eigenvalue weighted by Gasteiger charge is -2.17. The monoisotopic (exact) mass is 447 g/mol. The largest absolute Gasteiger partial charge is 0.506 e. The molecule has 0 aliphatic carbocycles. The van der Waals surface area contributed by atoms with E-state index < -0.39 is 0 Å². The number of methoxy groups -OCH3 is 3. The summed E-state index contributed by atoms with van der Waals surface area (Å²) in [6.07, 6.45) is 0.535. The molecule has 31 heavy (non-hydrogen) atoms. The summed E-state index contributed by atoms with van der Waals surface area (Å²) in [7, 11) is 6.30. The average molecular weight is 448 g/mol. The minimum Gasteiger partial charge on any atom is -0.506 e. The zero-order chi connectivity index (χ0) is 22.7. The van der Waals surface area contributed by atoms with Crippen LogP contribution in [0.25, 0.3) is 10.9 Å². The van der Waals surface area contributed by atoms with Gasteiger partial charge in [-0.1, -0.05) is 0 Å². The number of halogens is 1. The summed E-state index contributed by atoms with van der Waals surface area (Å²) in [6.45, 7) is 1.87. The van der Waals surface area contributed by atoms with Crippen LogP contribution >= 0.6 is 11.6 Å². The first-order valence-corrected chi connectivity index (χ1v) is 10.2. The Morgan fingerprint density at radius 1 is 1.13 bits per heavy atom. The molecule has 1 aromatic heterocycles. The zero-order valence-corrected chi connectivity index (χ0v) is 18.9. The Morgan fingerprint density at radius 3 is 2.42 bits per heavy atom. The lowest BCUT2D eigenvalue weighted by molar-refractivity contribution is 0.102. The van der Waals surface area contributed by atoms with Crippen LogP contribution in [-0.4, -0.2) is 50.3 Å². The number of rotatable bonds is 8. The molecule has 2 aromatic carbocycles. The summed E-state index contributed by atoms with van der Waals surface area (Å²) in [5.74, 6) is 1.40. The molecule has 0 fully saturated rings. The van der Waals surface area contributed by atoms with Crippen LogP contribution in [0.5, 0.6) is 23.0 Å². The molecule has 4 N–H and O–H groups in total. The summed E-state index contributed by atoms with van der Waals surface area (Å²) < 4.78 is 16.3. The number of aromatic amines is 1. The Hall–Kier alpha value is -3.26. The number of benzene rings is 2. The van der Waals surface area contributed by atoms with Crippen LogP contribution in [0.1, 0.15) is 21.6 Å². The minimum absolute atomic E-state index is 0.0430. The summed E-state index contributed by atoms with van der Waals surface area (Å²) in [5.41, 5.74) is 3.70. The van der Waals surface area contributed by atoms with Crippen molar-refractivity contribution >= 4 is 39.8 Å². The van der Waals surface area contributed by atoms with Crippen molar-refractivity contribution in [2.45, 2.75) is 13.3 Å². The summed E-state index contributed by atoms with van der Waals surface area (Å²) >= 11 is 5.97. The number of H-pyrrole nitrogens is 1. The summed E-state index contributed by atoms with van der Waals surface area (Å²) in [6, 6.07) is 4.99. The first-order valence-electron chi connectivity index (χ1n) is 9.62. The van der Waals surface area contributed by atoms with Gasteiger partial charge in [0.05, 0.1) is 32.5 Å². The molecular weight excluding hydrogens is 422 g/mol. The molecule has 1 heterocycles. The van der Waals surface area contributed by atoms with E-state index in [0.29, 0.717) is 52.1 Å². The Labute approximate surface area is 185 Å². The van der Waals surface area contributed by atoms with Crippen LogP contribution in [0.4, 0.5) is 11.4 Å². The zero-order valence-electron chi connectivity index (χ0n) is 18.1. The van der Waals surface area contributed by atoms with Crippen LogP contribution in [0.3, 0.4) is 0 Å². The van der Waals surface area contributed by atoms with E-state index in [0.717, 1.165) is 16.5 Å². The van der Waals surface area contributed by atoms with Gasteiger partial charge in [-0.15, -0.1) is 11.6 Å². The number of carbonyl (C=O) groups is 1. The van der Waals surface area contributed by atoms with Gasteiger partial charge < -0.3 is 34.9 Å². The number of phenolic OH excluding ortho intramolecular Hbond substituents is 1. The number of hydrogen-bond donors (Lipinski definition) is 4. The fraction of sp³-hybridized carbons (Fsp3) is 0.318. The number of hydrogen-bond acceptors (Lipinski definition) is 6. The van der Waals surface area contributed by atoms with Gasteiger partial charge in [0.2, 0.25) is 5.75 Å². The normalized spacial score (nSPS) is 10.8. The number of nitrogens with one attached hydrogen (secondary N) is 3. The maximum atomic E-state index is 13.0. The maximum Gasteiger partial charge on any atom is 0.272 e. The number of anilines is 2. The molecule has 166 valence electrons. The van der Waals surface area contributed by atoms with E-state index in [1.807, 2.05) is 6.92 Å². The molecule has 0 aliphatic rings.